The van der Waals surface area contributed by atoms with E-state index < -0.39 is 17.7 Å². The van der Waals surface area contributed by atoms with Gasteiger partial charge in [-0.2, -0.15) is 0 Å². The van der Waals surface area contributed by atoms with Crippen molar-refractivity contribution >= 4 is 17.4 Å². The fourth-order valence-electron chi connectivity index (χ4n) is 3.16. The van der Waals surface area contributed by atoms with Crippen LogP contribution in [0.3, 0.4) is 0 Å². The van der Waals surface area contributed by atoms with Gasteiger partial charge in [0.25, 0.3) is 11.7 Å². The lowest BCUT2D eigenvalue weighted by Gasteiger charge is -2.21. The molecule has 1 atom stereocenters. The van der Waals surface area contributed by atoms with Crippen LogP contribution in [0.25, 0.3) is 5.76 Å². The molecular weight excluding hydrogens is 358 g/mol. The van der Waals surface area contributed by atoms with Gasteiger partial charge in [0, 0.05) is 12.6 Å². The molecule has 0 radical (unpaired) electrons. The van der Waals surface area contributed by atoms with E-state index in [9.17, 15) is 19.8 Å². The average Bonchev–Trinajstić information content (AvgIpc) is 2.90. The molecule has 3 rings (SSSR count). The first-order valence-corrected chi connectivity index (χ1v) is 9.06. The van der Waals surface area contributed by atoms with Gasteiger partial charge in [-0.25, -0.2) is 0 Å². The number of likely N-dealkylation sites (N-methyl/N-ethyl adjacent to an activating group) is 1. The molecule has 1 amide bonds. The number of phenolic OH excluding ortho intramolecular Hbond substituents is 1. The first-order chi connectivity index (χ1) is 13.3. The van der Waals surface area contributed by atoms with Crippen molar-refractivity contribution in [2.45, 2.75) is 19.9 Å². The van der Waals surface area contributed by atoms with Gasteiger partial charge in [-0.15, -0.1) is 0 Å². The maximum absolute atomic E-state index is 12.5. The van der Waals surface area contributed by atoms with E-state index in [4.69, 9.17) is 4.74 Å². The molecule has 0 aliphatic carbocycles. The number of likely N-dealkylation sites (tertiary alicyclic amines) is 1. The van der Waals surface area contributed by atoms with Crippen molar-refractivity contribution in [3.8, 4) is 11.5 Å². The number of carbonyl (C=O) groups excluding carboxylic acids is 2. The molecule has 0 bridgehead atoms. The topological polar surface area (TPSA) is 87.1 Å². The summed E-state index contributed by atoms with van der Waals surface area (Å²) >= 11 is 0. The standard InChI is InChI=1S/C22H23NO5/c1-13(2)12-28-17-9-7-14(8-10-17)20(25)18-19(23(3)22(27)21(18)26)15-5-4-6-16(24)11-15/h4-11,13,19,24-25H,12H2,1-3H3. The van der Waals surface area contributed by atoms with Crippen molar-refractivity contribution < 1.29 is 24.5 Å². The maximum Gasteiger partial charge on any atom is 0.295 e. The van der Waals surface area contributed by atoms with Crippen LogP contribution in [-0.4, -0.2) is 40.5 Å². The highest BCUT2D eigenvalue weighted by Gasteiger charge is 2.44. The Kier molecular flexibility index (Phi) is 5.40. The lowest BCUT2D eigenvalue weighted by molar-refractivity contribution is -0.139. The van der Waals surface area contributed by atoms with Crippen molar-refractivity contribution in [1.29, 1.82) is 0 Å². The molecule has 0 aromatic heterocycles. The summed E-state index contributed by atoms with van der Waals surface area (Å²) < 4.78 is 5.63. The second kappa shape index (κ2) is 7.76. The van der Waals surface area contributed by atoms with Gasteiger partial charge >= 0.3 is 0 Å². The van der Waals surface area contributed by atoms with E-state index >= 15 is 0 Å². The summed E-state index contributed by atoms with van der Waals surface area (Å²) in [6, 6.07) is 12.2. The zero-order chi connectivity index (χ0) is 20.4. The molecule has 146 valence electrons. The number of rotatable bonds is 5. The van der Waals surface area contributed by atoms with Gasteiger partial charge in [0.2, 0.25) is 0 Å². The van der Waals surface area contributed by atoms with Crippen molar-refractivity contribution in [1.82, 2.24) is 4.90 Å². The minimum atomic E-state index is -0.774. The number of carbonyl (C=O) groups is 2. The predicted octanol–water partition coefficient (Wildman–Crippen LogP) is 3.48. The Hall–Kier alpha value is -3.28. The fourth-order valence-corrected chi connectivity index (χ4v) is 3.16. The van der Waals surface area contributed by atoms with Gasteiger partial charge in [0.15, 0.2) is 0 Å². The Morgan fingerprint density at radius 1 is 1.14 bits per heavy atom. The number of hydrogen-bond donors (Lipinski definition) is 2. The van der Waals surface area contributed by atoms with Crippen LogP contribution in [0.15, 0.2) is 54.1 Å². The quantitative estimate of drug-likeness (QED) is 0.470. The molecule has 2 aromatic rings. The molecule has 2 aromatic carbocycles. The molecule has 1 unspecified atom stereocenters. The van der Waals surface area contributed by atoms with Gasteiger partial charge in [-0.05, 0) is 47.9 Å². The zero-order valence-electron chi connectivity index (χ0n) is 16.0. The number of hydrogen-bond acceptors (Lipinski definition) is 5. The van der Waals surface area contributed by atoms with Crippen LogP contribution in [0, 0.1) is 5.92 Å². The van der Waals surface area contributed by atoms with Crippen molar-refractivity contribution in [2.24, 2.45) is 5.92 Å². The van der Waals surface area contributed by atoms with E-state index in [0.717, 1.165) is 0 Å². The molecule has 0 spiro atoms. The van der Waals surface area contributed by atoms with Crippen LogP contribution < -0.4 is 4.74 Å². The first kappa shape index (κ1) is 19.5. The Morgan fingerprint density at radius 2 is 1.82 bits per heavy atom. The number of benzene rings is 2. The number of phenols is 1. The second-order valence-corrected chi connectivity index (χ2v) is 7.23. The Bertz CT molecular complexity index is 930. The number of ether oxygens (including phenoxy) is 1. The predicted molar refractivity (Wildman–Crippen MR) is 105 cm³/mol. The van der Waals surface area contributed by atoms with Crippen LogP contribution in [0.1, 0.15) is 31.0 Å². The summed E-state index contributed by atoms with van der Waals surface area (Å²) in [6.07, 6.45) is 0. The van der Waals surface area contributed by atoms with E-state index in [1.165, 1.54) is 24.1 Å². The molecule has 28 heavy (non-hydrogen) atoms. The number of ketones is 1. The number of nitrogens with zero attached hydrogens (tertiary/aromatic N) is 1. The average molecular weight is 381 g/mol. The first-order valence-electron chi connectivity index (χ1n) is 9.06. The molecule has 1 aliphatic heterocycles. The lowest BCUT2D eigenvalue weighted by atomic mass is 9.95. The van der Waals surface area contributed by atoms with E-state index in [2.05, 4.69) is 0 Å². The van der Waals surface area contributed by atoms with Gasteiger partial charge in [-0.1, -0.05) is 26.0 Å². The number of aliphatic hydroxyl groups is 1. The van der Waals surface area contributed by atoms with E-state index in [1.54, 1.807) is 36.4 Å². The highest BCUT2D eigenvalue weighted by molar-refractivity contribution is 6.46. The van der Waals surface area contributed by atoms with E-state index in [-0.39, 0.29) is 17.1 Å². The molecule has 1 aliphatic rings. The summed E-state index contributed by atoms with van der Waals surface area (Å²) in [5, 5.41) is 20.6. The van der Waals surface area contributed by atoms with Crippen molar-refractivity contribution in [2.75, 3.05) is 13.7 Å². The van der Waals surface area contributed by atoms with Crippen LogP contribution in [0.4, 0.5) is 0 Å². The third kappa shape index (κ3) is 3.71. The molecule has 0 saturated carbocycles. The van der Waals surface area contributed by atoms with Crippen molar-refractivity contribution in [3.63, 3.8) is 0 Å². The molecule has 6 heteroatoms. The summed E-state index contributed by atoms with van der Waals surface area (Å²) in [7, 11) is 1.50. The zero-order valence-corrected chi connectivity index (χ0v) is 16.0. The van der Waals surface area contributed by atoms with Crippen molar-refractivity contribution in [3.05, 3.63) is 65.2 Å². The number of aromatic hydroxyl groups is 1. The molecule has 6 nitrogen and oxygen atoms in total. The highest BCUT2D eigenvalue weighted by Crippen LogP contribution is 2.39. The maximum atomic E-state index is 12.5. The number of amides is 1. The SMILES string of the molecule is CC(C)COc1ccc(C(O)=C2C(=O)C(=O)N(C)C2c2cccc(O)c2)cc1. The largest absolute Gasteiger partial charge is 0.508 e. The van der Waals surface area contributed by atoms with E-state index in [0.29, 0.717) is 29.4 Å². The minimum Gasteiger partial charge on any atom is -0.508 e. The second-order valence-electron chi connectivity index (χ2n) is 7.23. The summed E-state index contributed by atoms with van der Waals surface area (Å²) in [4.78, 5) is 26.1. The summed E-state index contributed by atoms with van der Waals surface area (Å²) in [5.74, 6) is -0.656. The molecule has 1 heterocycles. The van der Waals surface area contributed by atoms with Gasteiger partial charge in [-0.3, -0.25) is 9.59 Å². The third-order valence-corrected chi connectivity index (χ3v) is 4.57. The van der Waals surface area contributed by atoms with Crippen LogP contribution in [-0.2, 0) is 9.59 Å². The summed E-state index contributed by atoms with van der Waals surface area (Å²) in [5.41, 5.74) is 0.947. The Balaban J connectivity index is 2.00. The Morgan fingerprint density at radius 3 is 2.43 bits per heavy atom. The van der Waals surface area contributed by atoms with Gasteiger partial charge in [0.1, 0.15) is 17.3 Å². The summed E-state index contributed by atoms with van der Waals surface area (Å²) in [6.45, 7) is 4.67. The molecule has 2 N–H and O–H groups in total. The van der Waals surface area contributed by atoms with Gasteiger partial charge < -0.3 is 19.8 Å². The van der Waals surface area contributed by atoms with Crippen LogP contribution >= 0.6 is 0 Å². The monoisotopic (exact) mass is 381 g/mol. The third-order valence-electron chi connectivity index (χ3n) is 4.57. The fraction of sp³-hybridized carbons (Fsp3) is 0.273. The molecule has 1 fully saturated rings. The number of Topliss-reactive ketones (excluding diaryl/α,β-unsaturated/α-hetero) is 1. The minimum absolute atomic E-state index is 0.00560. The number of aliphatic hydroxyl groups excluding tert-OH is 1. The Labute approximate surface area is 163 Å². The van der Waals surface area contributed by atoms with Crippen LogP contribution in [0.5, 0.6) is 11.5 Å². The lowest BCUT2D eigenvalue weighted by Crippen LogP contribution is -2.24. The smallest absolute Gasteiger partial charge is 0.295 e. The van der Waals surface area contributed by atoms with Crippen LogP contribution in [0.2, 0.25) is 0 Å². The highest BCUT2D eigenvalue weighted by atomic mass is 16.5. The van der Waals surface area contributed by atoms with E-state index in [1.807, 2.05) is 13.8 Å². The van der Waals surface area contributed by atoms with Gasteiger partial charge in [0.05, 0.1) is 18.2 Å². The normalized spacial score (nSPS) is 18.7. The molecular formula is C22H23NO5. The molecule has 1 saturated heterocycles.